The molecule has 2 heterocycles. The Kier molecular flexibility index (Phi) is 6.13. The highest BCUT2D eigenvalue weighted by Crippen LogP contribution is 2.45. The van der Waals surface area contributed by atoms with E-state index in [0.29, 0.717) is 32.1 Å². The largest absolute Gasteiger partial charge is 0.283 e. The second-order valence-corrected chi connectivity index (χ2v) is 10.9. The number of H-pyrrole nitrogens is 1. The molecule has 8 nitrogen and oxygen atoms in total. The van der Waals surface area contributed by atoms with E-state index in [9.17, 15) is 15.4 Å². The molecule has 1 atom stereocenters. The molecule has 0 saturated carbocycles. The molecule has 0 spiro atoms. The molecule has 3 aromatic rings. The van der Waals surface area contributed by atoms with Gasteiger partial charge in [0.1, 0.15) is 17.4 Å². The van der Waals surface area contributed by atoms with Crippen molar-refractivity contribution in [3.05, 3.63) is 56.2 Å². The molecule has 164 valence electrons. The SMILES string of the molecule is CC(C)(C)[C@@H]1CCc2c(sc(N=Cc3ccc(Sc4ncn[nH]4)c([N+](=O)[O-])c3)c2C#N)C1. The van der Waals surface area contributed by atoms with Gasteiger partial charge in [0.25, 0.3) is 5.69 Å². The van der Waals surface area contributed by atoms with E-state index in [-0.39, 0.29) is 11.1 Å². The topological polar surface area (TPSA) is 121 Å². The summed E-state index contributed by atoms with van der Waals surface area (Å²) in [5, 5.41) is 28.9. The van der Waals surface area contributed by atoms with Gasteiger partial charge in [0.15, 0.2) is 5.16 Å². The highest BCUT2D eigenvalue weighted by atomic mass is 32.2. The summed E-state index contributed by atoms with van der Waals surface area (Å²) in [5.74, 6) is 0.578. The summed E-state index contributed by atoms with van der Waals surface area (Å²) in [6, 6.07) is 7.25. The minimum absolute atomic E-state index is 0.0330. The molecule has 32 heavy (non-hydrogen) atoms. The zero-order valence-electron chi connectivity index (χ0n) is 18.0. The first-order valence-corrected chi connectivity index (χ1v) is 11.8. The monoisotopic (exact) mass is 466 g/mol. The van der Waals surface area contributed by atoms with Crippen molar-refractivity contribution in [3.8, 4) is 6.07 Å². The van der Waals surface area contributed by atoms with Crippen LogP contribution in [0.15, 0.2) is 39.6 Å². The standard InChI is InChI=1S/C22H22N6O2S2/c1-22(2,3)14-5-6-15-16(10-23)20(31-19(15)9-14)24-11-13-4-7-18(17(8-13)28(29)30)32-21-25-12-26-27-21/h4,7-8,11-12,14H,5-6,9H2,1-3H3,(H,25,26,27)/t14-/m1/s1. The van der Waals surface area contributed by atoms with Gasteiger partial charge in [0, 0.05) is 17.2 Å². The molecule has 0 radical (unpaired) electrons. The molecule has 1 aliphatic rings. The lowest BCUT2D eigenvalue weighted by Gasteiger charge is -2.33. The van der Waals surface area contributed by atoms with Crippen molar-refractivity contribution in [2.45, 2.75) is 50.1 Å². The van der Waals surface area contributed by atoms with Gasteiger partial charge in [-0.1, -0.05) is 26.8 Å². The van der Waals surface area contributed by atoms with E-state index in [1.54, 1.807) is 29.7 Å². The van der Waals surface area contributed by atoms with Gasteiger partial charge in [0.2, 0.25) is 0 Å². The number of rotatable bonds is 5. The zero-order chi connectivity index (χ0) is 22.9. The lowest BCUT2D eigenvalue weighted by molar-refractivity contribution is -0.387. The van der Waals surface area contributed by atoms with Crippen molar-refractivity contribution in [2.24, 2.45) is 16.3 Å². The number of aromatic amines is 1. The van der Waals surface area contributed by atoms with Crippen molar-refractivity contribution < 1.29 is 4.92 Å². The van der Waals surface area contributed by atoms with Crippen molar-refractivity contribution in [2.75, 3.05) is 0 Å². The Morgan fingerprint density at radius 1 is 1.44 bits per heavy atom. The number of fused-ring (bicyclic) bond motifs is 1. The predicted molar refractivity (Wildman–Crippen MR) is 125 cm³/mol. The van der Waals surface area contributed by atoms with E-state index < -0.39 is 4.92 Å². The second-order valence-electron chi connectivity index (χ2n) is 8.74. The van der Waals surface area contributed by atoms with Crippen LogP contribution in [0.3, 0.4) is 0 Å². The highest BCUT2D eigenvalue weighted by molar-refractivity contribution is 7.99. The second kappa shape index (κ2) is 8.84. The van der Waals surface area contributed by atoms with Crippen LogP contribution >= 0.6 is 23.1 Å². The summed E-state index contributed by atoms with van der Waals surface area (Å²) in [5.41, 5.74) is 2.55. The van der Waals surface area contributed by atoms with Crippen LogP contribution in [0.4, 0.5) is 10.7 Å². The molecule has 4 rings (SSSR count). The van der Waals surface area contributed by atoms with Crippen molar-refractivity contribution in [1.29, 1.82) is 5.26 Å². The third kappa shape index (κ3) is 4.59. The number of hydrogen-bond donors (Lipinski definition) is 1. The number of thiophene rings is 1. The summed E-state index contributed by atoms with van der Waals surface area (Å²) in [4.78, 5) is 21.4. The molecule has 2 aromatic heterocycles. The number of aliphatic imine (C=N–C) groups is 1. The lowest BCUT2D eigenvalue weighted by Crippen LogP contribution is -2.26. The molecule has 0 fully saturated rings. The zero-order valence-corrected chi connectivity index (χ0v) is 19.6. The van der Waals surface area contributed by atoms with Crippen molar-refractivity contribution in [3.63, 3.8) is 0 Å². The van der Waals surface area contributed by atoms with Gasteiger partial charge in [-0.15, -0.1) is 11.3 Å². The Labute approximate surface area is 194 Å². The molecule has 0 bridgehead atoms. The van der Waals surface area contributed by atoms with Gasteiger partial charge < -0.3 is 0 Å². The van der Waals surface area contributed by atoms with Crippen LogP contribution in [0.1, 0.15) is 48.8 Å². The maximum Gasteiger partial charge on any atom is 0.283 e. The molecular formula is C22H22N6O2S2. The maximum absolute atomic E-state index is 11.6. The minimum atomic E-state index is -0.423. The molecule has 0 aliphatic heterocycles. The van der Waals surface area contributed by atoms with E-state index in [1.165, 1.54) is 17.3 Å². The molecular weight excluding hydrogens is 444 g/mol. The van der Waals surface area contributed by atoms with Crippen LogP contribution in [0.25, 0.3) is 0 Å². The fourth-order valence-corrected chi connectivity index (χ4v) is 5.84. The van der Waals surface area contributed by atoms with Crippen LogP contribution in [-0.4, -0.2) is 26.3 Å². The maximum atomic E-state index is 11.6. The highest BCUT2D eigenvalue weighted by Gasteiger charge is 2.32. The number of benzene rings is 1. The molecule has 10 heteroatoms. The number of nitro benzene ring substituents is 1. The average molecular weight is 467 g/mol. The van der Waals surface area contributed by atoms with E-state index in [1.807, 2.05) is 0 Å². The van der Waals surface area contributed by atoms with Crippen LogP contribution in [-0.2, 0) is 12.8 Å². The number of nitrogens with zero attached hydrogens (tertiary/aromatic N) is 5. The van der Waals surface area contributed by atoms with Crippen molar-refractivity contribution in [1.82, 2.24) is 15.2 Å². The van der Waals surface area contributed by atoms with Gasteiger partial charge in [0.05, 0.1) is 15.4 Å². The Morgan fingerprint density at radius 2 is 2.25 bits per heavy atom. The minimum Gasteiger partial charge on any atom is -0.258 e. The Balaban J connectivity index is 1.61. The van der Waals surface area contributed by atoms with Gasteiger partial charge in [-0.3, -0.25) is 15.2 Å². The Morgan fingerprint density at radius 3 is 2.91 bits per heavy atom. The first kappa shape index (κ1) is 22.2. The number of hydrogen-bond acceptors (Lipinski definition) is 8. The van der Waals surface area contributed by atoms with Crippen LogP contribution < -0.4 is 0 Å². The van der Waals surface area contributed by atoms with Gasteiger partial charge in [-0.05, 0) is 59.6 Å². The molecule has 0 saturated heterocycles. The summed E-state index contributed by atoms with van der Waals surface area (Å²) in [6.45, 7) is 6.79. The summed E-state index contributed by atoms with van der Waals surface area (Å²) >= 11 is 2.71. The van der Waals surface area contributed by atoms with E-state index in [0.717, 1.165) is 36.6 Å². The summed E-state index contributed by atoms with van der Waals surface area (Å²) in [6.07, 6.45) is 5.88. The van der Waals surface area contributed by atoms with Crippen LogP contribution in [0.5, 0.6) is 0 Å². The van der Waals surface area contributed by atoms with Gasteiger partial charge >= 0.3 is 0 Å². The molecule has 1 aromatic carbocycles. The van der Waals surface area contributed by atoms with Crippen molar-refractivity contribution >= 4 is 40.0 Å². The van der Waals surface area contributed by atoms with E-state index >= 15 is 0 Å². The third-order valence-electron chi connectivity index (χ3n) is 5.69. The number of nitro groups is 1. The molecule has 1 aliphatic carbocycles. The lowest BCUT2D eigenvalue weighted by atomic mass is 9.72. The first-order valence-electron chi connectivity index (χ1n) is 10.2. The summed E-state index contributed by atoms with van der Waals surface area (Å²) in [7, 11) is 0. The molecule has 0 unspecified atom stereocenters. The molecule has 1 N–H and O–H groups in total. The average Bonchev–Trinajstić information content (AvgIpc) is 3.38. The fourth-order valence-electron chi connectivity index (χ4n) is 3.84. The van der Waals surface area contributed by atoms with Crippen LogP contribution in [0.2, 0.25) is 0 Å². The van der Waals surface area contributed by atoms with E-state index in [4.69, 9.17) is 0 Å². The predicted octanol–water partition coefficient (Wildman–Crippen LogP) is 5.70. The summed E-state index contributed by atoms with van der Waals surface area (Å²) < 4.78 is 0. The smallest absolute Gasteiger partial charge is 0.258 e. The first-order chi connectivity index (χ1) is 15.3. The Bertz CT molecular complexity index is 1220. The number of aromatic nitrogens is 3. The Hall–Kier alpha value is -3.03. The third-order valence-corrected chi connectivity index (χ3v) is 7.81. The molecule has 0 amide bonds. The number of nitriles is 1. The number of nitrogens with one attached hydrogen (secondary N) is 1. The quantitative estimate of drug-likeness (QED) is 0.292. The normalized spacial score (nSPS) is 16.1. The van der Waals surface area contributed by atoms with Gasteiger partial charge in [-0.2, -0.15) is 10.4 Å². The van der Waals surface area contributed by atoms with Gasteiger partial charge in [-0.25, -0.2) is 9.98 Å². The fraction of sp³-hybridized carbons (Fsp3) is 0.364. The van der Waals surface area contributed by atoms with Crippen LogP contribution in [0, 0.1) is 32.8 Å². The van der Waals surface area contributed by atoms with E-state index in [2.05, 4.69) is 47.0 Å².